The highest BCUT2D eigenvalue weighted by Gasteiger charge is 2.11. The van der Waals surface area contributed by atoms with Crippen LogP contribution in [0, 0.1) is 0 Å². The van der Waals surface area contributed by atoms with Gasteiger partial charge in [0.1, 0.15) is 0 Å². The molecule has 0 bridgehead atoms. The standard InChI is InChI=1S/C6H6F2N2O2S/c7-6(8)4-1-2-5(10-3-4)13(9,11)12/h1-3,6H,(H2,9,11,12). The average Bonchev–Trinajstić information content (AvgIpc) is 2.03. The Bertz CT molecular complexity index is 388. The number of nitrogens with two attached hydrogens (primary N) is 1. The third kappa shape index (κ3) is 2.43. The monoisotopic (exact) mass is 208 g/mol. The number of sulfonamides is 1. The van der Waals surface area contributed by atoms with E-state index in [4.69, 9.17) is 5.14 Å². The van der Waals surface area contributed by atoms with Crippen LogP contribution >= 0.6 is 0 Å². The van der Waals surface area contributed by atoms with Crippen molar-refractivity contribution in [3.8, 4) is 0 Å². The van der Waals surface area contributed by atoms with Gasteiger partial charge in [-0.15, -0.1) is 0 Å². The summed E-state index contributed by atoms with van der Waals surface area (Å²) in [4.78, 5) is 3.28. The fraction of sp³-hybridized carbons (Fsp3) is 0.167. The van der Waals surface area contributed by atoms with Crippen molar-refractivity contribution in [1.29, 1.82) is 0 Å². The van der Waals surface area contributed by atoms with E-state index in [0.717, 1.165) is 18.3 Å². The molecule has 0 radical (unpaired) electrons. The number of hydrogen-bond donors (Lipinski definition) is 1. The van der Waals surface area contributed by atoms with Crippen molar-refractivity contribution in [3.63, 3.8) is 0 Å². The number of halogens is 2. The summed E-state index contributed by atoms with van der Waals surface area (Å²) >= 11 is 0. The van der Waals surface area contributed by atoms with Crippen LogP contribution < -0.4 is 5.14 Å². The lowest BCUT2D eigenvalue weighted by Gasteiger charge is -1.99. The molecule has 0 amide bonds. The number of aromatic nitrogens is 1. The molecule has 0 saturated carbocycles. The summed E-state index contributed by atoms with van der Waals surface area (Å²) in [6.07, 6.45) is -1.88. The van der Waals surface area contributed by atoms with E-state index in [1.54, 1.807) is 0 Å². The maximum atomic E-state index is 12.0. The number of rotatable bonds is 2. The topological polar surface area (TPSA) is 73.1 Å². The van der Waals surface area contributed by atoms with Gasteiger partial charge < -0.3 is 0 Å². The van der Waals surface area contributed by atoms with E-state index in [9.17, 15) is 17.2 Å². The van der Waals surface area contributed by atoms with Crippen molar-refractivity contribution in [2.24, 2.45) is 5.14 Å². The Morgan fingerprint density at radius 2 is 2.00 bits per heavy atom. The highest BCUT2D eigenvalue weighted by atomic mass is 32.2. The normalized spacial score (nSPS) is 12.0. The van der Waals surface area contributed by atoms with E-state index in [1.165, 1.54) is 0 Å². The minimum Gasteiger partial charge on any atom is -0.243 e. The van der Waals surface area contributed by atoms with E-state index in [0.29, 0.717) is 0 Å². The van der Waals surface area contributed by atoms with Crippen molar-refractivity contribution < 1.29 is 17.2 Å². The molecule has 72 valence electrons. The molecule has 0 aliphatic carbocycles. The van der Waals surface area contributed by atoms with Crippen molar-refractivity contribution in [3.05, 3.63) is 23.9 Å². The molecular weight excluding hydrogens is 202 g/mol. The van der Waals surface area contributed by atoms with E-state index in [-0.39, 0.29) is 5.56 Å². The first kappa shape index (κ1) is 10.0. The highest BCUT2D eigenvalue weighted by Crippen LogP contribution is 2.17. The van der Waals surface area contributed by atoms with Gasteiger partial charge in [0.15, 0.2) is 5.03 Å². The molecule has 0 unspecified atom stereocenters. The zero-order valence-electron chi connectivity index (χ0n) is 6.31. The second-order valence-corrected chi connectivity index (χ2v) is 3.78. The molecule has 2 N–H and O–H groups in total. The minimum absolute atomic E-state index is 0.340. The van der Waals surface area contributed by atoms with Crippen LogP contribution in [-0.4, -0.2) is 13.4 Å². The van der Waals surface area contributed by atoms with Gasteiger partial charge in [0.2, 0.25) is 0 Å². The SMILES string of the molecule is NS(=O)(=O)c1ccc(C(F)F)cn1. The van der Waals surface area contributed by atoms with Crippen LogP contribution in [0.1, 0.15) is 12.0 Å². The largest absolute Gasteiger partial charge is 0.265 e. The first-order valence-electron chi connectivity index (χ1n) is 3.18. The molecule has 0 atom stereocenters. The Morgan fingerprint density at radius 1 is 1.38 bits per heavy atom. The fourth-order valence-electron chi connectivity index (χ4n) is 0.689. The molecule has 1 rings (SSSR count). The van der Waals surface area contributed by atoms with Crippen LogP contribution in [0.5, 0.6) is 0 Å². The first-order chi connectivity index (χ1) is 5.91. The summed E-state index contributed by atoms with van der Waals surface area (Å²) in [6.45, 7) is 0. The van der Waals surface area contributed by atoms with Gasteiger partial charge >= 0.3 is 0 Å². The summed E-state index contributed by atoms with van der Waals surface area (Å²) in [5, 5.41) is 4.29. The third-order valence-corrected chi connectivity index (χ3v) is 2.13. The number of primary sulfonamides is 1. The Kier molecular flexibility index (Phi) is 2.58. The average molecular weight is 208 g/mol. The van der Waals surface area contributed by atoms with Crippen LogP contribution in [0.25, 0.3) is 0 Å². The smallest absolute Gasteiger partial charge is 0.243 e. The van der Waals surface area contributed by atoms with Crippen LogP contribution in [0.2, 0.25) is 0 Å². The van der Waals surface area contributed by atoms with Gasteiger partial charge in [-0.3, -0.25) is 0 Å². The molecule has 1 heterocycles. The Labute approximate surface area is 73.4 Å². The lowest BCUT2D eigenvalue weighted by Crippen LogP contribution is -2.13. The van der Waals surface area contributed by atoms with Crippen LogP contribution in [0.15, 0.2) is 23.4 Å². The third-order valence-electron chi connectivity index (χ3n) is 1.30. The molecule has 0 spiro atoms. The molecule has 4 nitrogen and oxygen atoms in total. The van der Waals surface area contributed by atoms with Crippen molar-refractivity contribution >= 4 is 10.0 Å². The van der Waals surface area contributed by atoms with Gasteiger partial charge in [-0.1, -0.05) is 0 Å². The van der Waals surface area contributed by atoms with Gasteiger partial charge in [-0.2, -0.15) is 0 Å². The van der Waals surface area contributed by atoms with Crippen LogP contribution in [0.4, 0.5) is 8.78 Å². The molecule has 0 aliphatic rings. The van der Waals surface area contributed by atoms with E-state index < -0.39 is 21.5 Å². The predicted octanol–water partition coefficient (Wildman–Crippen LogP) is 0.667. The van der Waals surface area contributed by atoms with Gasteiger partial charge in [0.25, 0.3) is 16.4 Å². The van der Waals surface area contributed by atoms with Crippen molar-refractivity contribution in [2.75, 3.05) is 0 Å². The van der Waals surface area contributed by atoms with E-state index in [1.807, 2.05) is 0 Å². The number of pyridine rings is 1. The molecule has 1 aromatic heterocycles. The lowest BCUT2D eigenvalue weighted by molar-refractivity contribution is 0.151. The van der Waals surface area contributed by atoms with Crippen molar-refractivity contribution in [1.82, 2.24) is 4.98 Å². The fourth-order valence-corrected chi connectivity index (χ4v) is 1.15. The Morgan fingerprint density at radius 3 is 2.31 bits per heavy atom. The Balaban J connectivity index is 3.08. The van der Waals surface area contributed by atoms with E-state index in [2.05, 4.69) is 4.98 Å². The van der Waals surface area contributed by atoms with Gasteiger partial charge in [-0.25, -0.2) is 27.3 Å². The molecule has 7 heteroatoms. The van der Waals surface area contributed by atoms with Gasteiger partial charge in [0, 0.05) is 11.8 Å². The molecule has 1 aromatic rings. The van der Waals surface area contributed by atoms with Crippen LogP contribution in [0.3, 0.4) is 0 Å². The summed E-state index contributed by atoms with van der Waals surface area (Å²) < 4.78 is 45.2. The number of alkyl halides is 2. The summed E-state index contributed by atoms with van der Waals surface area (Å²) in [7, 11) is -3.90. The summed E-state index contributed by atoms with van der Waals surface area (Å²) in [5.41, 5.74) is -0.340. The second kappa shape index (κ2) is 3.35. The highest BCUT2D eigenvalue weighted by molar-refractivity contribution is 7.89. The maximum Gasteiger partial charge on any atom is 0.265 e. The minimum atomic E-state index is -3.90. The van der Waals surface area contributed by atoms with Crippen molar-refractivity contribution in [2.45, 2.75) is 11.5 Å². The summed E-state index contributed by atoms with van der Waals surface area (Å²) in [6, 6.07) is 1.91. The predicted molar refractivity (Wildman–Crippen MR) is 40.6 cm³/mol. The number of nitrogens with zero attached hydrogens (tertiary/aromatic N) is 1. The molecule has 0 saturated heterocycles. The van der Waals surface area contributed by atoms with Gasteiger partial charge in [0.05, 0.1) is 0 Å². The van der Waals surface area contributed by atoms with Crippen LogP contribution in [-0.2, 0) is 10.0 Å². The number of hydrogen-bond acceptors (Lipinski definition) is 3. The molecule has 0 aliphatic heterocycles. The zero-order valence-corrected chi connectivity index (χ0v) is 7.13. The summed E-state index contributed by atoms with van der Waals surface area (Å²) in [5.74, 6) is 0. The second-order valence-electron chi connectivity index (χ2n) is 2.28. The van der Waals surface area contributed by atoms with E-state index >= 15 is 0 Å². The quantitative estimate of drug-likeness (QED) is 0.776. The molecular formula is C6H6F2N2O2S. The zero-order chi connectivity index (χ0) is 10.1. The molecule has 0 fully saturated rings. The first-order valence-corrected chi connectivity index (χ1v) is 4.73. The molecule has 13 heavy (non-hydrogen) atoms. The molecule has 0 aromatic carbocycles. The van der Waals surface area contributed by atoms with Gasteiger partial charge in [-0.05, 0) is 12.1 Å². The lowest BCUT2D eigenvalue weighted by atomic mass is 10.3. The Hall–Kier alpha value is -1.08. The maximum absolute atomic E-state index is 12.0.